The number of hydrogen-bond donors (Lipinski definition) is 1. The molecule has 2 heterocycles. The molecule has 1 aliphatic heterocycles. The van der Waals surface area contributed by atoms with E-state index >= 15 is 0 Å². The van der Waals surface area contributed by atoms with E-state index in [4.69, 9.17) is 0 Å². The molecule has 4 nitrogen and oxygen atoms in total. The zero-order valence-corrected chi connectivity index (χ0v) is 8.85. The van der Waals surface area contributed by atoms with E-state index in [0.717, 1.165) is 24.7 Å². The highest BCUT2D eigenvalue weighted by Gasteiger charge is 2.52. The second-order valence-electron chi connectivity index (χ2n) is 4.70. The van der Waals surface area contributed by atoms with Gasteiger partial charge in [0.2, 0.25) is 0 Å². The number of aliphatic hydroxyl groups is 1. The van der Waals surface area contributed by atoms with Gasteiger partial charge in [0.15, 0.2) is 0 Å². The van der Waals surface area contributed by atoms with Crippen molar-refractivity contribution in [2.24, 2.45) is 5.92 Å². The zero-order chi connectivity index (χ0) is 10.5. The first-order chi connectivity index (χ1) is 7.17. The van der Waals surface area contributed by atoms with Gasteiger partial charge in [0.05, 0.1) is 13.1 Å². The summed E-state index contributed by atoms with van der Waals surface area (Å²) < 4.78 is 0. The summed E-state index contributed by atoms with van der Waals surface area (Å²) in [6.07, 6.45) is 4.15. The quantitative estimate of drug-likeness (QED) is 0.774. The maximum Gasteiger partial charge on any atom is 0.132 e. The van der Waals surface area contributed by atoms with Gasteiger partial charge in [0, 0.05) is 6.20 Å². The van der Waals surface area contributed by atoms with Crippen LogP contribution in [-0.2, 0) is 0 Å². The van der Waals surface area contributed by atoms with Crippen molar-refractivity contribution in [3.63, 3.8) is 0 Å². The van der Waals surface area contributed by atoms with Gasteiger partial charge in [-0.1, -0.05) is 0 Å². The van der Waals surface area contributed by atoms with Gasteiger partial charge in [-0.3, -0.25) is 0 Å². The Kier molecular flexibility index (Phi) is 1.77. The summed E-state index contributed by atoms with van der Waals surface area (Å²) in [6, 6.07) is 1.90. The van der Waals surface area contributed by atoms with Crippen molar-refractivity contribution in [3.05, 3.63) is 18.1 Å². The Balaban J connectivity index is 1.71. The summed E-state index contributed by atoms with van der Waals surface area (Å²) in [6.45, 7) is 3.35. The van der Waals surface area contributed by atoms with Crippen LogP contribution in [0.2, 0.25) is 0 Å². The molecule has 1 aromatic rings. The fourth-order valence-corrected chi connectivity index (χ4v) is 2.28. The summed E-state index contributed by atoms with van der Waals surface area (Å²) in [4.78, 5) is 10.5. The molecule has 0 aromatic carbocycles. The van der Waals surface area contributed by atoms with E-state index < -0.39 is 5.60 Å². The van der Waals surface area contributed by atoms with Crippen molar-refractivity contribution in [2.45, 2.75) is 25.4 Å². The van der Waals surface area contributed by atoms with Crippen LogP contribution < -0.4 is 4.90 Å². The molecule has 0 unspecified atom stereocenters. The van der Waals surface area contributed by atoms with Crippen molar-refractivity contribution in [1.29, 1.82) is 0 Å². The van der Waals surface area contributed by atoms with E-state index in [-0.39, 0.29) is 0 Å². The lowest BCUT2D eigenvalue weighted by Gasteiger charge is -2.47. The standard InChI is InChI=1S/C11H15N3O/c1-8-12-5-4-10(13-8)14-6-11(15,7-14)9-2-3-9/h4-5,9,15H,2-3,6-7H2,1H3. The van der Waals surface area contributed by atoms with Crippen molar-refractivity contribution in [3.8, 4) is 0 Å². The molecule has 0 atom stereocenters. The molecule has 15 heavy (non-hydrogen) atoms. The highest BCUT2D eigenvalue weighted by atomic mass is 16.3. The molecule has 0 bridgehead atoms. The molecule has 3 rings (SSSR count). The van der Waals surface area contributed by atoms with Crippen LogP contribution in [0, 0.1) is 12.8 Å². The zero-order valence-electron chi connectivity index (χ0n) is 8.85. The van der Waals surface area contributed by atoms with Crippen molar-refractivity contribution in [1.82, 2.24) is 9.97 Å². The molecule has 2 fully saturated rings. The molecule has 1 aliphatic carbocycles. The van der Waals surface area contributed by atoms with E-state index in [9.17, 15) is 5.11 Å². The number of rotatable bonds is 2. The van der Waals surface area contributed by atoms with Gasteiger partial charge in [-0.05, 0) is 31.7 Å². The Morgan fingerprint density at radius 2 is 2.20 bits per heavy atom. The van der Waals surface area contributed by atoms with E-state index in [1.807, 2.05) is 13.0 Å². The fraction of sp³-hybridized carbons (Fsp3) is 0.636. The van der Waals surface area contributed by atoms with Crippen LogP contribution >= 0.6 is 0 Å². The van der Waals surface area contributed by atoms with Gasteiger partial charge in [-0.2, -0.15) is 0 Å². The predicted molar refractivity (Wildman–Crippen MR) is 56.7 cm³/mol. The molecule has 1 saturated carbocycles. The average Bonchev–Trinajstić information content (AvgIpc) is 2.96. The van der Waals surface area contributed by atoms with Crippen molar-refractivity contribution in [2.75, 3.05) is 18.0 Å². The number of hydrogen-bond acceptors (Lipinski definition) is 4. The van der Waals surface area contributed by atoms with Crippen LogP contribution in [0.15, 0.2) is 12.3 Å². The normalized spacial score (nSPS) is 23.7. The second-order valence-corrected chi connectivity index (χ2v) is 4.70. The lowest BCUT2D eigenvalue weighted by Crippen LogP contribution is -2.63. The summed E-state index contributed by atoms with van der Waals surface area (Å²) in [5, 5.41) is 10.2. The number of aryl methyl sites for hydroxylation is 1. The molecule has 1 N–H and O–H groups in total. The minimum Gasteiger partial charge on any atom is -0.386 e. The Labute approximate surface area is 89.0 Å². The maximum atomic E-state index is 10.2. The Morgan fingerprint density at radius 1 is 1.47 bits per heavy atom. The van der Waals surface area contributed by atoms with Crippen LogP contribution in [0.4, 0.5) is 5.82 Å². The molecular formula is C11H15N3O. The Hall–Kier alpha value is -1.16. The van der Waals surface area contributed by atoms with Gasteiger partial charge in [0.1, 0.15) is 17.2 Å². The number of aromatic nitrogens is 2. The third-order valence-electron chi connectivity index (χ3n) is 3.35. The Morgan fingerprint density at radius 3 is 2.80 bits per heavy atom. The van der Waals surface area contributed by atoms with Gasteiger partial charge in [0.25, 0.3) is 0 Å². The molecule has 80 valence electrons. The first-order valence-corrected chi connectivity index (χ1v) is 5.44. The summed E-state index contributed by atoms with van der Waals surface area (Å²) >= 11 is 0. The molecule has 1 saturated heterocycles. The monoisotopic (exact) mass is 205 g/mol. The maximum absolute atomic E-state index is 10.2. The number of anilines is 1. The first-order valence-electron chi connectivity index (χ1n) is 5.44. The predicted octanol–water partition coefficient (Wildman–Crippen LogP) is 0.746. The van der Waals surface area contributed by atoms with E-state index in [1.165, 1.54) is 12.8 Å². The van der Waals surface area contributed by atoms with E-state index in [2.05, 4.69) is 14.9 Å². The minimum absolute atomic E-state index is 0.432. The SMILES string of the molecule is Cc1nccc(N2CC(O)(C3CC3)C2)n1. The van der Waals surface area contributed by atoms with Gasteiger partial charge in [-0.15, -0.1) is 0 Å². The van der Waals surface area contributed by atoms with Crippen molar-refractivity contribution >= 4 is 5.82 Å². The highest BCUT2D eigenvalue weighted by molar-refractivity contribution is 5.43. The van der Waals surface area contributed by atoms with E-state index in [1.54, 1.807) is 6.20 Å². The lowest BCUT2D eigenvalue weighted by molar-refractivity contribution is -0.00976. The molecule has 0 amide bonds. The van der Waals surface area contributed by atoms with Crippen LogP contribution in [-0.4, -0.2) is 33.8 Å². The van der Waals surface area contributed by atoms with Gasteiger partial charge < -0.3 is 10.0 Å². The molecule has 2 aliphatic rings. The van der Waals surface area contributed by atoms with Gasteiger partial charge >= 0.3 is 0 Å². The van der Waals surface area contributed by atoms with Gasteiger partial charge in [-0.25, -0.2) is 9.97 Å². The number of β-amino-alcohol motifs (C(OH)–C–C–N with tert-alkyl or cyclic N) is 1. The smallest absolute Gasteiger partial charge is 0.132 e. The lowest BCUT2D eigenvalue weighted by atomic mass is 9.89. The summed E-state index contributed by atoms with van der Waals surface area (Å²) in [7, 11) is 0. The summed E-state index contributed by atoms with van der Waals surface area (Å²) in [5.41, 5.74) is -0.432. The average molecular weight is 205 g/mol. The molecule has 0 spiro atoms. The van der Waals surface area contributed by atoms with Crippen LogP contribution in [0.25, 0.3) is 0 Å². The summed E-state index contributed by atoms with van der Waals surface area (Å²) in [5.74, 6) is 2.26. The Bertz CT molecular complexity index is 383. The molecule has 0 radical (unpaired) electrons. The number of nitrogens with zero attached hydrogens (tertiary/aromatic N) is 3. The highest BCUT2D eigenvalue weighted by Crippen LogP contribution is 2.45. The second kappa shape index (κ2) is 2.92. The first kappa shape index (κ1) is 9.09. The van der Waals surface area contributed by atoms with Crippen molar-refractivity contribution < 1.29 is 5.11 Å². The third-order valence-corrected chi connectivity index (χ3v) is 3.35. The minimum atomic E-state index is -0.432. The molecule has 1 aromatic heterocycles. The third kappa shape index (κ3) is 1.49. The molecule has 4 heteroatoms. The fourth-order valence-electron chi connectivity index (χ4n) is 2.28. The van der Waals surface area contributed by atoms with Crippen LogP contribution in [0.5, 0.6) is 0 Å². The van der Waals surface area contributed by atoms with Crippen LogP contribution in [0.3, 0.4) is 0 Å². The topological polar surface area (TPSA) is 49.2 Å². The van der Waals surface area contributed by atoms with Crippen LogP contribution in [0.1, 0.15) is 18.7 Å². The molecular weight excluding hydrogens is 190 g/mol. The largest absolute Gasteiger partial charge is 0.386 e. The van der Waals surface area contributed by atoms with E-state index in [0.29, 0.717) is 5.92 Å².